The molecule has 18 heteroatoms. The first kappa shape index (κ1) is 70.4. The average Bonchev–Trinajstić information content (AvgIpc) is 2.27. The van der Waals surface area contributed by atoms with Crippen LogP contribution in [0.25, 0.3) is 33.0 Å². The number of carbonyl (C=O) groups is 6. The second kappa shape index (κ2) is 36.1. The summed E-state index contributed by atoms with van der Waals surface area (Å²) in [4.78, 5) is 82.8. The number of aromatic carboxylic acids is 1. The zero-order valence-electron chi connectivity index (χ0n) is 50.5. The summed E-state index contributed by atoms with van der Waals surface area (Å²) < 4.78 is 15.5. The molecule has 0 bridgehead atoms. The number of nitrogen functional groups attached to an aromatic ring is 1. The van der Waals surface area contributed by atoms with Crippen molar-refractivity contribution in [2.24, 2.45) is 0 Å². The fourth-order valence-corrected chi connectivity index (χ4v) is 9.61. The zero-order valence-corrected chi connectivity index (χ0v) is 52.1. The minimum Gasteiger partial charge on any atom is -0.478 e. The van der Waals surface area contributed by atoms with Crippen molar-refractivity contribution in [3.63, 3.8) is 0 Å². The Bertz CT molecular complexity index is 3550. The molecular formula is C71H80N6O10S2. The van der Waals surface area contributed by atoms with Gasteiger partial charge in [-0.25, -0.2) is 14.4 Å². The number of ketones is 2. The predicted octanol–water partition coefficient (Wildman–Crippen LogP) is 17.2. The SMILES string of the molecule is C.C1CCOC1.CC(C)(C)OC(=O)Nc1ccc(-c2cccs2)cc1N.CC(C)(C)OC(=O)Nc1ccc(-c2cccs2)cc1NC(=O)c1ccc(/C=C/C(=O)CCCc2ccccn2)cc1.O=C(/C=C/c1ccc(C(=O)O)cc1)CCCc1ccccn1. The van der Waals surface area contributed by atoms with Gasteiger partial charge in [0.2, 0.25) is 0 Å². The van der Waals surface area contributed by atoms with E-state index in [-0.39, 0.29) is 30.5 Å². The van der Waals surface area contributed by atoms with E-state index >= 15 is 0 Å². The van der Waals surface area contributed by atoms with Gasteiger partial charge < -0.3 is 30.4 Å². The molecule has 4 aromatic heterocycles. The van der Waals surface area contributed by atoms with Crippen LogP contribution < -0.4 is 21.7 Å². The third-order valence-corrected chi connectivity index (χ3v) is 14.3. The third kappa shape index (κ3) is 26.7. The van der Waals surface area contributed by atoms with E-state index in [1.807, 2.05) is 116 Å². The highest BCUT2D eigenvalue weighted by Crippen LogP contribution is 2.33. The van der Waals surface area contributed by atoms with Crippen LogP contribution in [0, 0.1) is 0 Å². The lowest BCUT2D eigenvalue weighted by atomic mass is 10.1. The van der Waals surface area contributed by atoms with Crippen LogP contribution in [0.2, 0.25) is 0 Å². The van der Waals surface area contributed by atoms with E-state index in [1.165, 1.54) is 31.1 Å². The number of nitrogens with two attached hydrogens (primary N) is 1. The molecule has 16 nitrogen and oxygen atoms in total. The Hall–Kier alpha value is -9.36. The molecule has 466 valence electrons. The van der Waals surface area contributed by atoms with E-state index in [2.05, 4.69) is 25.9 Å². The highest BCUT2D eigenvalue weighted by atomic mass is 32.1. The molecule has 0 saturated carbocycles. The van der Waals surface area contributed by atoms with Crippen LogP contribution in [0.4, 0.5) is 32.3 Å². The molecule has 4 aromatic carbocycles. The van der Waals surface area contributed by atoms with Crippen molar-refractivity contribution in [3.8, 4) is 20.9 Å². The first-order chi connectivity index (χ1) is 42.2. The molecule has 0 atom stereocenters. The van der Waals surface area contributed by atoms with Crippen molar-refractivity contribution >= 4 is 93.2 Å². The molecule has 0 unspecified atom stereocenters. The Kier molecular flexibility index (Phi) is 28.5. The maximum atomic E-state index is 13.2. The number of carboxylic acid groups (broad SMARTS) is 1. The number of aryl methyl sites for hydroxylation is 2. The molecule has 3 amide bonds. The lowest BCUT2D eigenvalue weighted by Gasteiger charge is -2.21. The highest BCUT2D eigenvalue weighted by Gasteiger charge is 2.20. The maximum Gasteiger partial charge on any atom is 0.412 e. The first-order valence-corrected chi connectivity index (χ1v) is 30.6. The number of hydrogen-bond donors (Lipinski definition) is 5. The van der Waals surface area contributed by atoms with Crippen LogP contribution in [0.15, 0.2) is 181 Å². The quantitative estimate of drug-likeness (QED) is 0.0374. The number of anilines is 4. The molecular weight excluding hydrogens is 1160 g/mol. The average molecular weight is 1240 g/mol. The van der Waals surface area contributed by atoms with Crippen LogP contribution in [-0.2, 0) is 36.6 Å². The Labute approximate surface area is 530 Å². The number of pyridine rings is 2. The van der Waals surface area contributed by atoms with Crippen molar-refractivity contribution < 1.29 is 48.1 Å². The van der Waals surface area contributed by atoms with Crippen LogP contribution in [-0.4, -0.2) is 75.1 Å². The number of allylic oxidation sites excluding steroid dienone is 2. The smallest absolute Gasteiger partial charge is 0.412 e. The summed E-state index contributed by atoms with van der Waals surface area (Å²) in [7, 11) is 0. The molecule has 0 radical (unpaired) electrons. The number of hydrogen-bond acceptors (Lipinski definition) is 14. The molecule has 1 saturated heterocycles. The second-order valence-corrected chi connectivity index (χ2v) is 23.9. The molecule has 0 aliphatic carbocycles. The molecule has 1 aliphatic rings. The number of ether oxygens (including phenoxy) is 3. The van der Waals surface area contributed by atoms with Gasteiger partial charge in [0.25, 0.3) is 5.91 Å². The molecule has 8 aromatic rings. The van der Waals surface area contributed by atoms with Crippen molar-refractivity contribution in [1.29, 1.82) is 0 Å². The Morgan fingerprint density at radius 1 is 0.562 bits per heavy atom. The number of benzene rings is 4. The van der Waals surface area contributed by atoms with Gasteiger partial charge in [0.05, 0.1) is 28.3 Å². The van der Waals surface area contributed by atoms with Crippen molar-refractivity contribution in [2.75, 3.05) is 34.9 Å². The fourth-order valence-electron chi connectivity index (χ4n) is 8.16. The molecule has 1 aliphatic heterocycles. The van der Waals surface area contributed by atoms with E-state index in [4.69, 9.17) is 25.1 Å². The van der Waals surface area contributed by atoms with E-state index in [0.29, 0.717) is 41.2 Å². The molecule has 0 spiro atoms. The van der Waals surface area contributed by atoms with Crippen molar-refractivity contribution in [2.45, 2.75) is 112 Å². The third-order valence-electron chi connectivity index (χ3n) is 12.4. The molecule has 89 heavy (non-hydrogen) atoms. The van der Waals surface area contributed by atoms with Gasteiger partial charge in [-0.2, -0.15) is 0 Å². The zero-order chi connectivity index (χ0) is 63.3. The van der Waals surface area contributed by atoms with Gasteiger partial charge >= 0.3 is 18.2 Å². The van der Waals surface area contributed by atoms with E-state index in [9.17, 15) is 28.8 Å². The fraction of sp³-hybridized carbons (Fsp3) is 0.268. The van der Waals surface area contributed by atoms with Crippen LogP contribution >= 0.6 is 22.7 Å². The topological polar surface area (TPSA) is 238 Å². The van der Waals surface area contributed by atoms with Crippen LogP contribution in [0.5, 0.6) is 0 Å². The summed E-state index contributed by atoms with van der Waals surface area (Å²) in [5.74, 6) is -1.19. The van der Waals surface area contributed by atoms with Gasteiger partial charge in [-0.15, -0.1) is 22.7 Å². The first-order valence-electron chi connectivity index (χ1n) is 28.8. The molecule has 9 rings (SSSR count). The molecule has 1 fully saturated rings. The second-order valence-electron chi connectivity index (χ2n) is 22.0. The van der Waals surface area contributed by atoms with Gasteiger partial charge in [-0.05, 0) is 210 Å². The maximum absolute atomic E-state index is 13.2. The normalized spacial score (nSPS) is 11.7. The minimum absolute atomic E-state index is 0. The summed E-state index contributed by atoms with van der Waals surface area (Å²) in [5.41, 5.74) is 12.9. The number of nitrogens with one attached hydrogen (secondary N) is 3. The van der Waals surface area contributed by atoms with Gasteiger partial charge in [0, 0.05) is 65.2 Å². The number of aromatic nitrogens is 2. The number of carboxylic acids is 1. The van der Waals surface area contributed by atoms with Crippen LogP contribution in [0.3, 0.4) is 0 Å². The number of carbonyl (C=O) groups excluding carboxylic acids is 5. The van der Waals surface area contributed by atoms with Crippen molar-refractivity contribution in [3.05, 3.63) is 215 Å². The number of amides is 3. The van der Waals surface area contributed by atoms with Crippen molar-refractivity contribution in [1.82, 2.24) is 9.97 Å². The lowest BCUT2D eigenvalue weighted by Crippen LogP contribution is -2.27. The standard InChI is InChI=1S/C33H33N3O4S.C18H17NO3.C15H18N2O2S.C4H8O.CH4/c1-33(2,3)40-32(39)36-28-19-17-25(30-11-7-21-41-30)22-29(28)35-31(38)24-15-12-23(13-16-24)14-18-27(37)10-6-9-26-8-4-5-20-34-26;20-17(6-3-5-16-4-1-2-13-19-16)12-9-14-7-10-15(11-8-14)18(21)22;1-15(2,3)19-14(18)17-12-7-6-10(9-11(12)16)13-5-4-8-20-13;1-2-4-5-3-1;/h4-5,7-8,11-22H,6,9-10H2,1-3H3,(H,35,38)(H,36,39);1-2,4,7-13H,3,5-6H2,(H,21,22);4-9H,16H2,1-3H3,(H,17,18);1-4H2;1H4/b18-14+;12-9+;;;. The molecule has 6 N–H and O–H groups in total. The Balaban J connectivity index is 0.000000252. The summed E-state index contributed by atoms with van der Waals surface area (Å²) in [6, 6.07) is 43.9. The van der Waals surface area contributed by atoms with E-state index in [0.717, 1.165) is 82.3 Å². The van der Waals surface area contributed by atoms with Crippen LogP contribution in [0.1, 0.15) is 131 Å². The highest BCUT2D eigenvalue weighted by molar-refractivity contribution is 7.13. The summed E-state index contributed by atoms with van der Waals surface area (Å²) in [6.07, 6.45) is 15.4. The van der Waals surface area contributed by atoms with E-state index < -0.39 is 29.4 Å². The summed E-state index contributed by atoms with van der Waals surface area (Å²) >= 11 is 3.23. The van der Waals surface area contributed by atoms with Gasteiger partial charge in [0.15, 0.2) is 11.6 Å². The summed E-state index contributed by atoms with van der Waals surface area (Å²) in [6.45, 7) is 12.8. The monoisotopic (exact) mass is 1240 g/mol. The number of nitrogens with zero attached hydrogens (tertiary/aromatic N) is 2. The van der Waals surface area contributed by atoms with Gasteiger partial charge in [-0.3, -0.25) is 35.0 Å². The van der Waals surface area contributed by atoms with E-state index in [1.54, 1.807) is 123 Å². The molecule has 5 heterocycles. The van der Waals surface area contributed by atoms with Gasteiger partial charge in [0.1, 0.15) is 11.2 Å². The predicted molar refractivity (Wildman–Crippen MR) is 361 cm³/mol. The largest absolute Gasteiger partial charge is 0.478 e. The van der Waals surface area contributed by atoms with Gasteiger partial charge in [-0.1, -0.05) is 80.2 Å². The lowest BCUT2D eigenvalue weighted by molar-refractivity contribution is -0.115. The Morgan fingerprint density at radius 2 is 1.02 bits per heavy atom. The Morgan fingerprint density at radius 3 is 1.43 bits per heavy atom. The summed E-state index contributed by atoms with van der Waals surface area (Å²) in [5, 5.41) is 21.1. The minimum atomic E-state index is -0.957. The number of rotatable bonds is 19. The number of thiophene rings is 2.